The van der Waals surface area contributed by atoms with Gasteiger partial charge in [-0.15, -0.1) is 11.6 Å². The topological polar surface area (TPSA) is 34.1 Å². The highest BCUT2D eigenvalue weighted by atomic mass is 35.5. The van der Waals surface area contributed by atoms with Gasteiger partial charge in [0.2, 0.25) is 0 Å². The molecule has 1 aliphatic rings. The molecule has 2 rings (SSSR count). The fourth-order valence-electron chi connectivity index (χ4n) is 2.36. The summed E-state index contributed by atoms with van der Waals surface area (Å²) in [5.41, 5.74) is 0. The van der Waals surface area contributed by atoms with Crippen molar-refractivity contribution in [2.45, 2.75) is 31.7 Å². The van der Waals surface area contributed by atoms with E-state index in [1.807, 2.05) is 12.1 Å². The molecular weight excluding hydrogens is 236 g/mol. The molecule has 0 spiro atoms. The van der Waals surface area contributed by atoms with Gasteiger partial charge in [0.15, 0.2) is 0 Å². The van der Waals surface area contributed by atoms with Crippen LogP contribution in [-0.4, -0.2) is 24.0 Å². The highest BCUT2D eigenvalue weighted by Crippen LogP contribution is 2.27. The zero-order valence-electron chi connectivity index (χ0n) is 10.2. The van der Waals surface area contributed by atoms with Gasteiger partial charge in [-0.05, 0) is 30.9 Å². The van der Waals surface area contributed by atoms with Crippen molar-refractivity contribution in [1.82, 2.24) is 4.98 Å². The lowest BCUT2D eigenvalue weighted by atomic mass is 9.86. The molecule has 1 aromatic rings. The average molecular weight is 255 g/mol. The van der Waals surface area contributed by atoms with Crippen LogP contribution in [0, 0.1) is 5.92 Å². The van der Waals surface area contributed by atoms with Gasteiger partial charge in [0.05, 0.1) is 13.3 Å². The van der Waals surface area contributed by atoms with Crippen molar-refractivity contribution in [3.05, 3.63) is 18.3 Å². The first-order valence-corrected chi connectivity index (χ1v) is 6.69. The van der Waals surface area contributed by atoms with Crippen molar-refractivity contribution < 1.29 is 4.74 Å². The Kier molecular flexibility index (Phi) is 4.49. The number of pyridine rings is 1. The number of ether oxygens (including phenoxy) is 1. The van der Waals surface area contributed by atoms with E-state index in [-0.39, 0.29) is 0 Å². The number of hydrogen-bond donors (Lipinski definition) is 1. The Labute approximate surface area is 108 Å². The van der Waals surface area contributed by atoms with Crippen LogP contribution in [0.4, 0.5) is 5.82 Å². The number of hydrogen-bond acceptors (Lipinski definition) is 3. The first-order valence-electron chi connectivity index (χ1n) is 6.16. The molecule has 1 saturated carbocycles. The molecule has 1 fully saturated rings. The maximum Gasteiger partial charge on any atom is 0.137 e. The van der Waals surface area contributed by atoms with E-state index in [0.717, 1.165) is 17.4 Å². The summed E-state index contributed by atoms with van der Waals surface area (Å²) >= 11 is 6.01. The Morgan fingerprint density at radius 1 is 1.41 bits per heavy atom. The average Bonchev–Trinajstić information content (AvgIpc) is 2.40. The number of nitrogens with zero attached hydrogens (tertiary/aromatic N) is 1. The van der Waals surface area contributed by atoms with E-state index in [4.69, 9.17) is 16.3 Å². The highest BCUT2D eigenvalue weighted by Gasteiger charge is 2.24. The van der Waals surface area contributed by atoms with Crippen LogP contribution in [0.1, 0.15) is 25.7 Å². The molecule has 1 aliphatic carbocycles. The Bertz CT molecular complexity index is 342. The summed E-state index contributed by atoms with van der Waals surface area (Å²) < 4.78 is 5.09. The molecular formula is C13H19ClN2O. The van der Waals surface area contributed by atoms with Gasteiger partial charge in [0, 0.05) is 11.9 Å². The van der Waals surface area contributed by atoms with Crippen LogP contribution in [0.5, 0.6) is 5.75 Å². The third kappa shape index (κ3) is 3.25. The number of aromatic nitrogens is 1. The van der Waals surface area contributed by atoms with Crippen molar-refractivity contribution in [2.24, 2.45) is 5.92 Å². The van der Waals surface area contributed by atoms with E-state index in [1.54, 1.807) is 13.3 Å². The fraction of sp³-hybridized carbons (Fsp3) is 0.615. The van der Waals surface area contributed by atoms with Gasteiger partial charge in [-0.25, -0.2) is 4.98 Å². The van der Waals surface area contributed by atoms with Gasteiger partial charge in [0.1, 0.15) is 11.6 Å². The van der Waals surface area contributed by atoms with E-state index < -0.39 is 0 Å². The third-order valence-electron chi connectivity index (χ3n) is 3.41. The molecule has 0 aliphatic heterocycles. The first kappa shape index (κ1) is 12.5. The first-order chi connectivity index (χ1) is 8.33. The molecule has 94 valence electrons. The number of methoxy groups -OCH3 is 1. The number of alkyl halides is 1. The van der Waals surface area contributed by atoms with Gasteiger partial charge in [-0.2, -0.15) is 0 Å². The Hall–Kier alpha value is -0.960. The summed E-state index contributed by atoms with van der Waals surface area (Å²) in [6, 6.07) is 4.34. The molecule has 0 bridgehead atoms. The minimum atomic E-state index is 0.460. The molecule has 1 aromatic heterocycles. The van der Waals surface area contributed by atoms with Gasteiger partial charge >= 0.3 is 0 Å². The predicted octanol–water partition coefficient (Wildman–Crippen LogP) is 3.30. The summed E-state index contributed by atoms with van der Waals surface area (Å²) in [5, 5.41) is 3.48. The van der Waals surface area contributed by atoms with Crippen LogP contribution in [-0.2, 0) is 0 Å². The smallest absolute Gasteiger partial charge is 0.137 e. The van der Waals surface area contributed by atoms with Crippen molar-refractivity contribution >= 4 is 17.4 Å². The number of rotatable bonds is 4. The summed E-state index contributed by atoms with van der Waals surface area (Å²) in [5.74, 6) is 2.99. The van der Waals surface area contributed by atoms with E-state index >= 15 is 0 Å². The highest BCUT2D eigenvalue weighted by molar-refractivity contribution is 6.18. The number of anilines is 1. The molecule has 2 unspecified atom stereocenters. The minimum absolute atomic E-state index is 0.460. The Balaban J connectivity index is 1.98. The molecule has 3 nitrogen and oxygen atoms in total. The molecule has 1 N–H and O–H groups in total. The lowest BCUT2D eigenvalue weighted by Gasteiger charge is -2.31. The summed E-state index contributed by atoms with van der Waals surface area (Å²) in [6.07, 6.45) is 6.72. The molecule has 0 saturated heterocycles. The van der Waals surface area contributed by atoms with E-state index in [9.17, 15) is 0 Å². The lowest BCUT2D eigenvalue weighted by molar-refractivity contribution is 0.352. The van der Waals surface area contributed by atoms with Crippen molar-refractivity contribution in [1.29, 1.82) is 0 Å². The quantitative estimate of drug-likeness (QED) is 0.838. The van der Waals surface area contributed by atoms with Crippen molar-refractivity contribution in [3.63, 3.8) is 0 Å². The molecule has 0 aromatic carbocycles. The zero-order chi connectivity index (χ0) is 12.1. The van der Waals surface area contributed by atoms with E-state index in [1.165, 1.54) is 25.7 Å². The van der Waals surface area contributed by atoms with Gasteiger partial charge in [-0.3, -0.25) is 0 Å². The van der Waals surface area contributed by atoms with Gasteiger partial charge in [-0.1, -0.05) is 12.8 Å². The van der Waals surface area contributed by atoms with Crippen LogP contribution in [0.2, 0.25) is 0 Å². The normalized spacial score (nSPS) is 24.4. The van der Waals surface area contributed by atoms with Crippen LogP contribution in [0.3, 0.4) is 0 Å². The van der Waals surface area contributed by atoms with Crippen LogP contribution < -0.4 is 10.1 Å². The largest absolute Gasteiger partial charge is 0.495 e. The minimum Gasteiger partial charge on any atom is -0.495 e. The molecule has 17 heavy (non-hydrogen) atoms. The zero-order valence-corrected chi connectivity index (χ0v) is 10.9. The summed E-state index contributed by atoms with van der Waals surface area (Å²) in [6.45, 7) is 0. The maximum absolute atomic E-state index is 6.01. The lowest BCUT2D eigenvalue weighted by Crippen LogP contribution is -2.33. The van der Waals surface area contributed by atoms with Gasteiger partial charge < -0.3 is 10.1 Å². The Morgan fingerprint density at radius 2 is 2.24 bits per heavy atom. The monoisotopic (exact) mass is 254 g/mol. The second kappa shape index (κ2) is 6.10. The van der Waals surface area contributed by atoms with Crippen LogP contribution in [0.15, 0.2) is 18.3 Å². The van der Waals surface area contributed by atoms with E-state index in [2.05, 4.69) is 10.3 Å². The SMILES string of the molecule is COc1ccc(NC2CCCCC2CCl)nc1. The van der Waals surface area contributed by atoms with Crippen molar-refractivity contribution in [3.8, 4) is 5.75 Å². The molecule has 1 heterocycles. The number of nitrogens with one attached hydrogen (secondary N) is 1. The third-order valence-corrected chi connectivity index (χ3v) is 3.81. The second-order valence-corrected chi connectivity index (χ2v) is 4.84. The van der Waals surface area contributed by atoms with Crippen LogP contribution >= 0.6 is 11.6 Å². The number of halogens is 1. The predicted molar refractivity (Wildman–Crippen MR) is 70.9 cm³/mol. The Morgan fingerprint density at radius 3 is 2.88 bits per heavy atom. The van der Waals surface area contributed by atoms with E-state index in [0.29, 0.717) is 12.0 Å². The molecule has 2 atom stereocenters. The summed E-state index contributed by atoms with van der Waals surface area (Å²) in [7, 11) is 1.65. The van der Waals surface area contributed by atoms with Gasteiger partial charge in [0.25, 0.3) is 0 Å². The molecule has 0 radical (unpaired) electrons. The van der Waals surface area contributed by atoms with Crippen molar-refractivity contribution in [2.75, 3.05) is 18.3 Å². The standard InChI is InChI=1S/C13H19ClN2O/c1-17-11-6-7-13(15-9-11)16-12-5-3-2-4-10(12)8-14/h6-7,9-10,12H,2-5,8H2,1H3,(H,15,16). The second-order valence-electron chi connectivity index (χ2n) is 4.53. The molecule has 0 amide bonds. The maximum atomic E-state index is 6.01. The summed E-state index contributed by atoms with van der Waals surface area (Å²) in [4.78, 5) is 4.33. The molecule has 4 heteroatoms. The fourth-order valence-corrected chi connectivity index (χ4v) is 2.73. The van der Waals surface area contributed by atoms with Crippen LogP contribution in [0.25, 0.3) is 0 Å².